The van der Waals surface area contributed by atoms with Crippen molar-refractivity contribution in [1.82, 2.24) is 15.5 Å². The number of piperidine rings is 1. The highest BCUT2D eigenvalue weighted by molar-refractivity contribution is 5.82. The monoisotopic (exact) mass is 255 g/mol. The van der Waals surface area contributed by atoms with Crippen molar-refractivity contribution in [1.29, 1.82) is 0 Å². The molecule has 0 aromatic heterocycles. The summed E-state index contributed by atoms with van der Waals surface area (Å²) in [7, 11) is 1.64. The van der Waals surface area contributed by atoms with Gasteiger partial charge < -0.3 is 15.7 Å². The van der Waals surface area contributed by atoms with Crippen molar-refractivity contribution in [2.45, 2.75) is 37.3 Å². The second kappa shape index (κ2) is 5.24. The Morgan fingerprint density at radius 3 is 2.67 bits per heavy atom. The van der Waals surface area contributed by atoms with Crippen LogP contribution < -0.4 is 10.6 Å². The lowest BCUT2D eigenvalue weighted by Crippen LogP contribution is -2.73. The molecule has 2 aliphatic heterocycles. The largest absolute Gasteiger partial charge is 0.481 e. The molecule has 1 atom stereocenters. The van der Waals surface area contributed by atoms with Crippen molar-refractivity contribution in [3.63, 3.8) is 0 Å². The first kappa shape index (κ1) is 13.3. The summed E-state index contributed by atoms with van der Waals surface area (Å²) in [5, 5.41) is 14.9. The zero-order valence-corrected chi connectivity index (χ0v) is 10.7. The number of hydrogen-bond acceptors (Lipinski definition) is 4. The summed E-state index contributed by atoms with van der Waals surface area (Å²) in [5.41, 5.74) is -0.372. The molecule has 2 heterocycles. The van der Waals surface area contributed by atoms with E-state index in [1.165, 1.54) is 0 Å². The van der Waals surface area contributed by atoms with Crippen LogP contribution in [0.3, 0.4) is 0 Å². The molecule has 0 spiro atoms. The van der Waals surface area contributed by atoms with E-state index >= 15 is 0 Å². The van der Waals surface area contributed by atoms with Gasteiger partial charge in [0.2, 0.25) is 5.91 Å². The molecule has 1 amide bonds. The number of carboxylic acid groups (broad SMARTS) is 1. The SMILES string of the molecule is CNC(=O)C1CCCCN1C1(CC(=O)O)CNC1. The highest BCUT2D eigenvalue weighted by atomic mass is 16.4. The van der Waals surface area contributed by atoms with Gasteiger partial charge in [-0.25, -0.2) is 0 Å². The highest BCUT2D eigenvalue weighted by Crippen LogP contribution is 2.32. The Kier molecular flexibility index (Phi) is 3.87. The fraction of sp³-hybridized carbons (Fsp3) is 0.833. The Morgan fingerprint density at radius 1 is 1.44 bits per heavy atom. The fourth-order valence-electron chi connectivity index (χ4n) is 3.06. The van der Waals surface area contributed by atoms with Gasteiger partial charge in [0.15, 0.2) is 0 Å². The first-order valence-electron chi connectivity index (χ1n) is 6.50. The van der Waals surface area contributed by atoms with Gasteiger partial charge in [-0.2, -0.15) is 0 Å². The van der Waals surface area contributed by atoms with Gasteiger partial charge in [0.05, 0.1) is 18.0 Å². The van der Waals surface area contributed by atoms with Crippen LogP contribution in [0.1, 0.15) is 25.7 Å². The van der Waals surface area contributed by atoms with Gasteiger partial charge in [-0.3, -0.25) is 14.5 Å². The number of amides is 1. The second-order valence-corrected chi connectivity index (χ2v) is 5.22. The lowest BCUT2D eigenvalue weighted by atomic mass is 9.82. The van der Waals surface area contributed by atoms with E-state index in [4.69, 9.17) is 5.11 Å². The molecule has 18 heavy (non-hydrogen) atoms. The molecule has 3 N–H and O–H groups in total. The maximum atomic E-state index is 11.9. The minimum Gasteiger partial charge on any atom is -0.481 e. The van der Waals surface area contributed by atoms with Crippen LogP contribution in [0.25, 0.3) is 0 Å². The molecule has 2 aliphatic rings. The molecule has 102 valence electrons. The maximum Gasteiger partial charge on any atom is 0.305 e. The maximum absolute atomic E-state index is 11.9. The zero-order valence-electron chi connectivity index (χ0n) is 10.7. The third-order valence-electron chi connectivity index (χ3n) is 4.05. The summed E-state index contributed by atoms with van der Waals surface area (Å²) >= 11 is 0. The zero-order chi connectivity index (χ0) is 13.2. The van der Waals surface area contributed by atoms with Crippen molar-refractivity contribution in [2.24, 2.45) is 0 Å². The number of carbonyl (C=O) groups excluding carboxylic acids is 1. The Balaban J connectivity index is 2.16. The van der Waals surface area contributed by atoms with Gasteiger partial charge in [-0.15, -0.1) is 0 Å². The molecular weight excluding hydrogens is 234 g/mol. The standard InChI is InChI=1S/C12H21N3O3/c1-13-11(18)9-4-2-3-5-15(9)12(6-10(16)17)7-14-8-12/h9,14H,2-8H2,1H3,(H,13,18)(H,16,17). The number of rotatable bonds is 4. The van der Waals surface area contributed by atoms with E-state index in [1.54, 1.807) is 7.05 Å². The summed E-state index contributed by atoms with van der Waals surface area (Å²) in [6.45, 7) is 2.13. The van der Waals surface area contributed by atoms with Gasteiger partial charge in [0, 0.05) is 20.1 Å². The number of hydrogen-bond donors (Lipinski definition) is 3. The highest BCUT2D eigenvalue weighted by Gasteiger charge is 2.48. The van der Waals surface area contributed by atoms with Gasteiger partial charge >= 0.3 is 5.97 Å². The molecule has 0 saturated carbocycles. The topological polar surface area (TPSA) is 81.7 Å². The third kappa shape index (κ3) is 2.35. The van der Waals surface area contributed by atoms with Gasteiger partial charge in [-0.05, 0) is 19.4 Å². The Hall–Kier alpha value is -1.14. The third-order valence-corrected chi connectivity index (χ3v) is 4.05. The summed E-state index contributed by atoms with van der Waals surface area (Å²) < 4.78 is 0. The summed E-state index contributed by atoms with van der Waals surface area (Å²) in [4.78, 5) is 25.1. The Morgan fingerprint density at radius 2 is 2.17 bits per heavy atom. The quantitative estimate of drug-likeness (QED) is 0.625. The molecule has 0 radical (unpaired) electrons. The van der Waals surface area contributed by atoms with Crippen molar-refractivity contribution < 1.29 is 14.7 Å². The summed E-state index contributed by atoms with van der Waals surface area (Å²) in [5.74, 6) is -0.788. The normalized spacial score (nSPS) is 27.3. The van der Waals surface area contributed by atoms with Gasteiger partial charge in [-0.1, -0.05) is 6.42 Å². The van der Waals surface area contributed by atoms with E-state index < -0.39 is 5.97 Å². The van der Waals surface area contributed by atoms with Crippen LogP contribution in [0.15, 0.2) is 0 Å². The molecular formula is C12H21N3O3. The minimum absolute atomic E-state index is 0.00589. The smallest absolute Gasteiger partial charge is 0.305 e. The predicted molar refractivity (Wildman–Crippen MR) is 66.3 cm³/mol. The number of carbonyl (C=O) groups is 2. The van der Waals surface area contributed by atoms with Gasteiger partial charge in [0.1, 0.15) is 0 Å². The van der Waals surface area contributed by atoms with Gasteiger partial charge in [0.25, 0.3) is 0 Å². The summed E-state index contributed by atoms with van der Waals surface area (Å²) in [6.07, 6.45) is 2.99. The van der Waals surface area contributed by atoms with Crippen LogP contribution in [0.4, 0.5) is 0 Å². The molecule has 0 aromatic carbocycles. The van der Waals surface area contributed by atoms with E-state index in [-0.39, 0.29) is 23.9 Å². The molecule has 1 unspecified atom stereocenters. The van der Waals surface area contributed by atoms with Crippen molar-refractivity contribution >= 4 is 11.9 Å². The molecule has 0 aliphatic carbocycles. The molecule has 0 aromatic rings. The van der Waals surface area contributed by atoms with Crippen LogP contribution in [-0.2, 0) is 9.59 Å². The van der Waals surface area contributed by atoms with E-state index in [9.17, 15) is 9.59 Å². The first-order valence-corrected chi connectivity index (χ1v) is 6.50. The van der Waals surface area contributed by atoms with Crippen molar-refractivity contribution in [3.8, 4) is 0 Å². The van der Waals surface area contributed by atoms with Crippen LogP contribution in [0, 0.1) is 0 Å². The Labute approximate surface area is 107 Å². The first-order chi connectivity index (χ1) is 8.59. The van der Waals surface area contributed by atoms with Crippen LogP contribution in [-0.4, -0.2) is 60.1 Å². The number of aliphatic carboxylic acids is 1. The summed E-state index contributed by atoms with van der Waals surface area (Å²) in [6, 6.07) is -0.176. The number of carboxylic acids is 1. The molecule has 2 rings (SSSR count). The number of likely N-dealkylation sites (N-methyl/N-ethyl adjacent to an activating group) is 1. The van der Waals surface area contributed by atoms with Crippen LogP contribution >= 0.6 is 0 Å². The van der Waals surface area contributed by atoms with Crippen molar-refractivity contribution in [3.05, 3.63) is 0 Å². The molecule has 6 nitrogen and oxygen atoms in total. The second-order valence-electron chi connectivity index (χ2n) is 5.22. The van der Waals surface area contributed by atoms with E-state index in [2.05, 4.69) is 15.5 Å². The van der Waals surface area contributed by atoms with Crippen molar-refractivity contribution in [2.75, 3.05) is 26.7 Å². The lowest BCUT2D eigenvalue weighted by Gasteiger charge is -2.54. The molecule has 0 bridgehead atoms. The number of nitrogens with one attached hydrogen (secondary N) is 2. The van der Waals surface area contributed by atoms with E-state index in [0.29, 0.717) is 13.1 Å². The number of likely N-dealkylation sites (tertiary alicyclic amines) is 1. The number of nitrogens with zero attached hydrogens (tertiary/aromatic N) is 1. The predicted octanol–water partition coefficient (Wildman–Crippen LogP) is -0.596. The van der Waals surface area contributed by atoms with E-state index in [0.717, 1.165) is 25.8 Å². The average Bonchev–Trinajstić information content (AvgIpc) is 2.32. The molecule has 2 fully saturated rings. The Bertz CT molecular complexity index is 341. The fourth-order valence-corrected chi connectivity index (χ4v) is 3.06. The van der Waals surface area contributed by atoms with Crippen LogP contribution in [0.5, 0.6) is 0 Å². The molecule has 2 saturated heterocycles. The van der Waals surface area contributed by atoms with E-state index in [1.807, 2.05) is 0 Å². The lowest BCUT2D eigenvalue weighted by molar-refractivity contribution is -0.146. The van der Waals surface area contributed by atoms with Crippen LogP contribution in [0.2, 0.25) is 0 Å². The minimum atomic E-state index is -0.794. The average molecular weight is 255 g/mol. The molecule has 6 heteroatoms.